The van der Waals surface area contributed by atoms with Crippen molar-refractivity contribution in [2.75, 3.05) is 0 Å². The molecule has 0 aromatic carbocycles. The molecule has 17 heavy (non-hydrogen) atoms. The van der Waals surface area contributed by atoms with Crippen LogP contribution in [0.3, 0.4) is 0 Å². The van der Waals surface area contributed by atoms with Gasteiger partial charge in [0.05, 0.1) is 0 Å². The molecule has 0 saturated carbocycles. The van der Waals surface area contributed by atoms with E-state index in [4.69, 9.17) is 0 Å². The van der Waals surface area contributed by atoms with Crippen LogP contribution in [0.2, 0.25) is 0 Å². The lowest BCUT2D eigenvalue weighted by Gasteiger charge is -2.43. The van der Waals surface area contributed by atoms with E-state index in [0.717, 1.165) is 12.8 Å². The summed E-state index contributed by atoms with van der Waals surface area (Å²) in [7, 11) is 2.87. The summed E-state index contributed by atoms with van der Waals surface area (Å²) in [5, 5.41) is 0. The van der Waals surface area contributed by atoms with Gasteiger partial charge in [0.1, 0.15) is 0 Å². The van der Waals surface area contributed by atoms with Crippen LogP contribution in [0.25, 0.3) is 0 Å². The minimum absolute atomic E-state index is 0.205. The monoisotopic (exact) mass is 259 g/mol. The minimum atomic E-state index is 0.205. The van der Waals surface area contributed by atoms with Gasteiger partial charge in [0.2, 0.25) is 0 Å². The minimum Gasteiger partial charge on any atom is -0.279 e. The third-order valence-electron chi connectivity index (χ3n) is 3.52. The van der Waals surface area contributed by atoms with Gasteiger partial charge in [0, 0.05) is 11.6 Å². The quantitative estimate of drug-likeness (QED) is 0.463. The normalized spacial score (nSPS) is 13.4. The molecule has 0 fully saturated rings. The molecule has 0 spiro atoms. The Hall–Kier alpha value is 0.130. The molecule has 0 aliphatic rings. The fourth-order valence-corrected chi connectivity index (χ4v) is 2.00. The van der Waals surface area contributed by atoms with E-state index in [1.807, 2.05) is 13.8 Å². The van der Waals surface area contributed by atoms with Crippen molar-refractivity contribution in [3.05, 3.63) is 12.2 Å². The summed E-state index contributed by atoms with van der Waals surface area (Å²) in [5.41, 5.74) is 1.56. The first kappa shape index (κ1) is 19.5. The zero-order valence-corrected chi connectivity index (χ0v) is 14.5. The maximum Gasteiger partial charge on any atom is 0.0216 e. The highest BCUT2D eigenvalue weighted by Crippen LogP contribution is 2.33. The van der Waals surface area contributed by atoms with Crippen LogP contribution in [0.15, 0.2) is 12.2 Å². The molecule has 104 valence electrons. The topological polar surface area (TPSA) is 3.24 Å². The van der Waals surface area contributed by atoms with Gasteiger partial charge in [-0.25, -0.2) is 0 Å². The third kappa shape index (κ3) is 6.58. The molecule has 1 nitrogen and oxygen atoms in total. The van der Waals surface area contributed by atoms with Crippen molar-refractivity contribution < 1.29 is 0 Å². The van der Waals surface area contributed by atoms with E-state index in [0.29, 0.717) is 12.0 Å². The van der Waals surface area contributed by atoms with Crippen molar-refractivity contribution in [1.82, 2.24) is 4.67 Å². The number of nitrogens with zero attached hydrogens (tertiary/aromatic N) is 1. The van der Waals surface area contributed by atoms with Crippen LogP contribution in [0, 0.1) is 5.92 Å². The molecule has 0 aliphatic carbocycles. The summed E-state index contributed by atoms with van der Waals surface area (Å²) in [4.78, 5) is 0. The van der Waals surface area contributed by atoms with Gasteiger partial charge >= 0.3 is 0 Å². The molecule has 0 saturated heterocycles. The zero-order chi connectivity index (χ0) is 14.2. The number of allylic oxidation sites excluding steroid dienone is 1. The molecule has 0 heterocycles. The van der Waals surface area contributed by atoms with Crippen molar-refractivity contribution in [2.24, 2.45) is 5.92 Å². The van der Waals surface area contributed by atoms with Gasteiger partial charge in [0.15, 0.2) is 0 Å². The number of rotatable bonds is 6. The summed E-state index contributed by atoms with van der Waals surface area (Å²) in [6.07, 6.45) is 2.22. The Morgan fingerprint density at radius 3 is 1.94 bits per heavy atom. The Morgan fingerprint density at radius 2 is 1.65 bits per heavy atom. The van der Waals surface area contributed by atoms with Crippen molar-refractivity contribution >= 4 is 9.39 Å². The largest absolute Gasteiger partial charge is 0.279 e. The Balaban J connectivity index is 0. The van der Waals surface area contributed by atoms with E-state index in [2.05, 4.69) is 62.2 Å². The molecule has 2 unspecified atom stereocenters. The summed E-state index contributed by atoms with van der Waals surface area (Å²) in [6, 6.07) is 0.558. The van der Waals surface area contributed by atoms with E-state index in [-0.39, 0.29) is 5.54 Å². The smallest absolute Gasteiger partial charge is 0.0216 e. The fourth-order valence-electron chi connectivity index (χ4n) is 1.75. The van der Waals surface area contributed by atoms with Crippen LogP contribution < -0.4 is 0 Å². The number of hydrogen-bond acceptors (Lipinski definition) is 1. The lowest BCUT2D eigenvalue weighted by molar-refractivity contribution is 0.139. The summed E-state index contributed by atoms with van der Waals surface area (Å²) >= 11 is 0. The Bertz CT molecular complexity index is 209. The van der Waals surface area contributed by atoms with Gasteiger partial charge in [-0.15, -0.1) is 0 Å². The molecule has 2 atom stereocenters. The molecule has 2 heteroatoms. The maximum atomic E-state index is 4.11. The van der Waals surface area contributed by atoms with Gasteiger partial charge in [-0.3, -0.25) is 4.67 Å². The molecule has 0 amide bonds. The average molecular weight is 259 g/mol. The average Bonchev–Trinajstić information content (AvgIpc) is 2.29. The van der Waals surface area contributed by atoms with Gasteiger partial charge in [-0.05, 0) is 46.5 Å². The van der Waals surface area contributed by atoms with Gasteiger partial charge < -0.3 is 0 Å². The van der Waals surface area contributed by atoms with Crippen molar-refractivity contribution in [3.63, 3.8) is 0 Å². The van der Waals surface area contributed by atoms with Crippen LogP contribution in [0.1, 0.15) is 68.2 Å². The van der Waals surface area contributed by atoms with Gasteiger partial charge in [0.25, 0.3) is 0 Å². The number of hydrogen-bond donors (Lipinski definition) is 0. The molecule has 0 rings (SSSR count). The van der Waals surface area contributed by atoms with Crippen LogP contribution in [-0.4, -0.2) is 16.3 Å². The second kappa shape index (κ2) is 9.11. The van der Waals surface area contributed by atoms with E-state index in [9.17, 15) is 0 Å². The molecular formula is C15H34NP. The van der Waals surface area contributed by atoms with E-state index < -0.39 is 0 Å². The Kier molecular flexibility index (Phi) is 10.4. The molecule has 0 N–H and O–H groups in total. The van der Waals surface area contributed by atoms with Crippen molar-refractivity contribution in [2.45, 2.75) is 79.8 Å². The first-order valence-electron chi connectivity index (χ1n) is 6.94. The Morgan fingerprint density at radius 1 is 1.24 bits per heavy atom. The van der Waals surface area contributed by atoms with Crippen molar-refractivity contribution in [3.8, 4) is 0 Å². The van der Waals surface area contributed by atoms with Crippen molar-refractivity contribution in [1.29, 1.82) is 0 Å². The van der Waals surface area contributed by atoms with Crippen LogP contribution in [0.5, 0.6) is 0 Å². The highest BCUT2D eigenvalue weighted by molar-refractivity contribution is 7.13. The van der Waals surface area contributed by atoms with Gasteiger partial charge in [-0.2, -0.15) is 0 Å². The molecule has 0 aliphatic heterocycles. The second-order valence-corrected chi connectivity index (χ2v) is 5.92. The molecule has 0 radical (unpaired) electrons. The van der Waals surface area contributed by atoms with E-state index >= 15 is 0 Å². The van der Waals surface area contributed by atoms with Crippen LogP contribution in [0.4, 0.5) is 0 Å². The second-order valence-electron chi connectivity index (χ2n) is 5.36. The fraction of sp³-hybridized carbons (Fsp3) is 0.867. The molecule has 0 bridgehead atoms. The SMILES string of the molecule is C=C(CC)CC(C)C(C)(C)N(P)C(C)C.CC. The first-order chi connectivity index (χ1) is 7.73. The molecule has 0 aromatic rings. The van der Waals surface area contributed by atoms with E-state index in [1.54, 1.807) is 0 Å². The summed E-state index contributed by atoms with van der Waals surface area (Å²) < 4.78 is 2.38. The van der Waals surface area contributed by atoms with Crippen LogP contribution in [-0.2, 0) is 0 Å². The predicted octanol–water partition coefficient (Wildman–Crippen LogP) is 5.28. The maximum absolute atomic E-state index is 4.11. The standard InChI is InChI=1S/C13H28NP.C2H6/c1-8-11(4)9-12(5)13(6,7)14(15)10(2)3;1-2/h10,12H,4,8-9,15H2,1-3,5-7H3;1-2H3. The molecular weight excluding hydrogens is 225 g/mol. The third-order valence-corrected chi connectivity index (χ3v) is 4.78. The van der Waals surface area contributed by atoms with Crippen LogP contribution >= 0.6 is 9.39 Å². The van der Waals surface area contributed by atoms with Gasteiger partial charge in [-0.1, -0.05) is 49.2 Å². The summed E-state index contributed by atoms with van der Waals surface area (Å²) in [5.74, 6) is 0.629. The highest BCUT2D eigenvalue weighted by Gasteiger charge is 2.31. The first-order valence-corrected chi connectivity index (χ1v) is 7.45. The predicted molar refractivity (Wildman–Crippen MR) is 85.3 cm³/mol. The lowest BCUT2D eigenvalue weighted by atomic mass is 9.83. The Labute approximate surface area is 112 Å². The molecule has 0 aromatic heterocycles. The zero-order valence-electron chi connectivity index (χ0n) is 13.3. The summed E-state index contributed by atoms with van der Waals surface area (Å²) in [6.45, 7) is 21.7. The highest BCUT2D eigenvalue weighted by atomic mass is 31.0. The van der Waals surface area contributed by atoms with E-state index in [1.165, 1.54) is 5.57 Å². The lowest BCUT2D eigenvalue weighted by Crippen LogP contribution is -2.46.